The fraction of sp³-hybridized carbons (Fsp3) is 0.500. The smallest absolute Gasteiger partial charge is 0.169 e. The van der Waals surface area contributed by atoms with Crippen LogP contribution in [-0.4, -0.2) is 32.7 Å². The van der Waals surface area contributed by atoms with Crippen LogP contribution in [0.4, 0.5) is 4.39 Å². The van der Waals surface area contributed by atoms with E-state index in [0.717, 1.165) is 0 Å². The zero-order valence-corrected chi connectivity index (χ0v) is 10.8. The summed E-state index contributed by atoms with van der Waals surface area (Å²) >= 11 is 5.75. The molecule has 0 aliphatic carbocycles. The van der Waals surface area contributed by atoms with Crippen molar-refractivity contribution in [2.75, 3.05) is 26.7 Å². The lowest BCUT2D eigenvalue weighted by molar-refractivity contribution is 0.172. The number of benzene rings is 1. The highest BCUT2D eigenvalue weighted by Gasteiger charge is 2.11. The molecular weight excluding hydrogens is 245 g/mol. The molecule has 0 saturated heterocycles. The summed E-state index contributed by atoms with van der Waals surface area (Å²) in [5.74, 6) is 0.325. The molecule has 0 spiro atoms. The second kappa shape index (κ2) is 7.48. The van der Waals surface area contributed by atoms with Gasteiger partial charge in [0.1, 0.15) is 0 Å². The van der Waals surface area contributed by atoms with Crippen LogP contribution in [0.15, 0.2) is 18.2 Å². The van der Waals surface area contributed by atoms with Gasteiger partial charge >= 0.3 is 0 Å². The van der Waals surface area contributed by atoms with Crippen molar-refractivity contribution in [1.29, 1.82) is 0 Å². The fourth-order valence-corrected chi connectivity index (χ4v) is 1.66. The molecule has 1 unspecified atom stereocenters. The Bertz CT molecular complexity index is 349. The van der Waals surface area contributed by atoms with Crippen molar-refractivity contribution in [2.45, 2.75) is 12.6 Å². The maximum absolute atomic E-state index is 13.8. The highest BCUT2D eigenvalue weighted by atomic mass is 35.5. The zero-order valence-electron chi connectivity index (χ0n) is 10.0. The Balaban J connectivity index is 2.62. The van der Waals surface area contributed by atoms with Gasteiger partial charge in [-0.05, 0) is 6.07 Å². The van der Waals surface area contributed by atoms with Crippen molar-refractivity contribution < 1.29 is 13.9 Å². The van der Waals surface area contributed by atoms with Crippen molar-refractivity contribution in [1.82, 2.24) is 5.32 Å². The SMILES string of the molecule is COCC(CCl)NCc1cccc(OC)c1F. The van der Waals surface area contributed by atoms with E-state index in [-0.39, 0.29) is 17.6 Å². The third kappa shape index (κ3) is 4.15. The van der Waals surface area contributed by atoms with Crippen molar-refractivity contribution in [3.05, 3.63) is 29.6 Å². The maximum Gasteiger partial charge on any atom is 0.169 e. The summed E-state index contributed by atoms with van der Waals surface area (Å²) in [6.45, 7) is 0.888. The van der Waals surface area contributed by atoms with Crippen LogP contribution >= 0.6 is 11.6 Å². The van der Waals surface area contributed by atoms with E-state index >= 15 is 0 Å². The molecule has 0 aliphatic rings. The summed E-state index contributed by atoms with van der Waals surface area (Å²) < 4.78 is 23.7. The van der Waals surface area contributed by atoms with Crippen LogP contribution in [0.5, 0.6) is 5.75 Å². The number of alkyl halides is 1. The molecule has 0 aliphatic heterocycles. The van der Waals surface area contributed by atoms with Gasteiger partial charge in [0.15, 0.2) is 11.6 Å². The molecule has 1 aromatic rings. The van der Waals surface area contributed by atoms with Crippen LogP contribution in [-0.2, 0) is 11.3 Å². The Hall–Kier alpha value is -0.840. The third-order valence-electron chi connectivity index (χ3n) is 2.40. The number of nitrogens with one attached hydrogen (secondary N) is 1. The molecule has 1 rings (SSSR count). The quantitative estimate of drug-likeness (QED) is 0.763. The van der Waals surface area contributed by atoms with Crippen LogP contribution in [0, 0.1) is 5.82 Å². The molecule has 0 fully saturated rings. The van der Waals surface area contributed by atoms with Crippen molar-refractivity contribution in [2.24, 2.45) is 0 Å². The Morgan fingerprint density at radius 3 is 2.76 bits per heavy atom. The first kappa shape index (κ1) is 14.2. The fourth-order valence-electron chi connectivity index (χ4n) is 1.46. The molecular formula is C12H17ClFNO2. The third-order valence-corrected chi connectivity index (χ3v) is 2.77. The summed E-state index contributed by atoms with van der Waals surface area (Å²) in [6, 6.07) is 5.06. The van der Waals surface area contributed by atoms with Crippen LogP contribution < -0.4 is 10.1 Å². The first-order valence-electron chi connectivity index (χ1n) is 5.32. The van der Waals surface area contributed by atoms with Gasteiger partial charge in [-0.3, -0.25) is 0 Å². The average Bonchev–Trinajstić information content (AvgIpc) is 2.36. The molecule has 0 radical (unpaired) electrons. The van der Waals surface area contributed by atoms with E-state index in [1.54, 1.807) is 25.3 Å². The molecule has 5 heteroatoms. The minimum atomic E-state index is -0.340. The summed E-state index contributed by atoms with van der Waals surface area (Å²) in [5, 5.41) is 3.13. The van der Waals surface area contributed by atoms with E-state index in [0.29, 0.717) is 24.6 Å². The molecule has 1 aromatic carbocycles. The van der Waals surface area contributed by atoms with Crippen molar-refractivity contribution in [3.8, 4) is 5.75 Å². The molecule has 0 bridgehead atoms. The molecule has 0 saturated carbocycles. The molecule has 17 heavy (non-hydrogen) atoms. The lowest BCUT2D eigenvalue weighted by atomic mass is 10.2. The standard InChI is InChI=1S/C12H17ClFNO2/c1-16-8-10(6-13)15-7-9-4-3-5-11(17-2)12(9)14/h3-5,10,15H,6-8H2,1-2H3. The van der Waals surface area contributed by atoms with Crippen LogP contribution in [0.25, 0.3) is 0 Å². The van der Waals surface area contributed by atoms with E-state index in [9.17, 15) is 4.39 Å². The number of methoxy groups -OCH3 is 2. The predicted molar refractivity (Wildman–Crippen MR) is 66.2 cm³/mol. The Morgan fingerprint density at radius 2 is 2.18 bits per heavy atom. The maximum atomic E-state index is 13.8. The van der Waals surface area contributed by atoms with Gasteiger partial charge in [-0.2, -0.15) is 0 Å². The van der Waals surface area contributed by atoms with Gasteiger partial charge in [0, 0.05) is 31.1 Å². The van der Waals surface area contributed by atoms with Gasteiger partial charge in [-0.1, -0.05) is 12.1 Å². The van der Waals surface area contributed by atoms with E-state index in [1.165, 1.54) is 7.11 Å². The molecule has 3 nitrogen and oxygen atoms in total. The molecule has 0 heterocycles. The molecule has 96 valence electrons. The summed E-state index contributed by atoms with van der Waals surface area (Å²) in [6.07, 6.45) is 0. The molecule has 0 aromatic heterocycles. The van der Waals surface area contributed by atoms with Gasteiger partial charge in [0.25, 0.3) is 0 Å². The average molecular weight is 262 g/mol. The topological polar surface area (TPSA) is 30.5 Å². The molecule has 1 atom stereocenters. The monoisotopic (exact) mass is 261 g/mol. The number of ether oxygens (including phenoxy) is 2. The summed E-state index contributed by atoms with van der Waals surface area (Å²) in [4.78, 5) is 0. The molecule has 0 amide bonds. The van der Waals surface area contributed by atoms with E-state index < -0.39 is 0 Å². The largest absolute Gasteiger partial charge is 0.494 e. The van der Waals surface area contributed by atoms with Crippen molar-refractivity contribution >= 4 is 11.6 Å². The first-order valence-corrected chi connectivity index (χ1v) is 5.86. The van der Waals surface area contributed by atoms with Gasteiger partial charge < -0.3 is 14.8 Å². The predicted octanol–water partition coefficient (Wildman–Crippen LogP) is 2.18. The molecule has 1 N–H and O–H groups in total. The highest BCUT2D eigenvalue weighted by Crippen LogP contribution is 2.19. The van der Waals surface area contributed by atoms with Gasteiger partial charge in [0.2, 0.25) is 0 Å². The Labute approximate surface area is 106 Å². The van der Waals surface area contributed by atoms with E-state index in [1.807, 2.05) is 0 Å². The number of halogens is 2. The zero-order chi connectivity index (χ0) is 12.7. The second-order valence-corrected chi connectivity index (χ2v) is 3.93. The van der Waals surface area contributed by atoms with Gasteiger partial charge in [0.05, 0.1) is 13.7 Å². The van der Waals surface area contributed by atoms with Crippen LogP contribution in [0.2, 0.25) is 0 Å². The van der Waals surface area contributed by atoms with Gasteiger partial charge in [-0.25, -0.2) is 4.39 Å². The minimum absolute atomic E-state index is 0.00673. The number of hydrogen-bond acceptors (Lipinski definition) is 3. The van der Waals surface area contributed by atoms with Crippen LogP contribution in [0.3, 0.4) is 0 Å². The lowest BCUT2D eigenvalue weighted by Gasteiger charge is -2.15. The van der Waals surface area contributed by atoms with E-state index in [2.05, 4.69) is 5.32 Å². The second-order valence-electron chi connectivity index (χ2n) is 3.62. The van der Waals surface area contributed by atoms with Crippen molar-refractivity contribution in [3.63, 3.8) is 0 Å². The lowest BCUT2D eigenvalue weighted by Crippen LogP contribution is -2.34. The van der Waals surface area contributed by atoms with Crippen LogP contribution in [0.1, 0.15) is 5.56 Å². The minimum Gasteiger partial charge on any atom is -0.494 e. The van der Waals surface area contributed by atoms with Gasteiger partial charge in [-0.15, -0.1) is 11.6 Å². The van der Waals surface area contributed by atoms with E-state index in [4.69, 9.17) is 21.1 Å². The normalized spacial score (nSPS) is 12.5. The number of hydrogen-bond donors (Lipinski definition) is 1. The highest BCUT2D eigenvalue weighted by molar-refractivity contribution is 6.18. The summed E-state index contributed by atoms with van der Waals surface area (Å²) in [7, 11) is 3.05. The first-order chi connectivity index (χ1) is 8.22. The Morgan fingerprint density at radius 1 is 1.41 bits per heavy atom. The summed E-state index contributed by atoms with van der Waals surface area (Å²) in [5.41, 5.74) is 0.551. The Kier molecular flexibility index (Phi) is 6.26. The number of rotatable bonds is 7.